The van der Waals surface area contributed by atoms with Crippen LogP contribution < -0.4 is 5.56 Å². The summed E-state index contributed by atoms with van der Waals surface area (Å²) in [7, 11) is 1.57. The zero-order chi connectivity index (χ0) is 10.3. The number of hydrogen-bond donors (Lipinski definition) is 0. The van der Waals surface area contributed by atoms with Crippen LogP contribution in [0.4, 0.5) is 0 Å². The predicted molar refractivity (Wildman–Crippen MR) is 52.6 cm³/mol. The van der Waals surface area contributed by atoms with Crippen molar-refractivity contribution in [3.05, 3.63) is 27.1 Å². The number of fused-ring (bicyclic) bond motifs is 1. The van der Waals surface area contributed by atoms with Gasteiger partial charge >= 0.3 is 0 Å². The summed E-state index contributed by atoms with van der Waals surface area (Å²) in [4.78, 5) is 22.9. The lowest BCUT2D eigenvalue weighted by Gasteiger charge is -2.00. The summed E-state index contributed by atoms with van der Waals surface area (Å²) < 4.78 is 1.29. The zero-order valence-corrected chi connectivity index (χ0v) is 8.54. The largest absolute Gasteiger partial charge is 0.301 e. The van der Waals surface area contributed by atoms with E-state index in [2.05, 4.69) is 15.0 Å². The second-order valence-electron chi connectivity index (χ2n) is 2.64. The van der Waals surface area contributed by atoms with Crippen molar-refractivity contribution in [3.8, 4) is 0 Å². The Labute approximate surface area is 88.3 Å². The molecular formula is C7H4Cl2N4O. The van der Waals surface area contributed by atoms with Gasteiger partial charge in [0, 0.05) is 7.05 Å². The van der Waals surface area contributed by atoms with Crippen LogP contribution in [0.25, 0.3) is 11.0 Å². The Bertz CT molecular complexity index is 565. The minimum absolute atomic E-state index is 0.0624. The maximum absolute atomic E-state index is 11.5. The molecule has 72 valence electrons. The van der Waals surface area contributed by atoms with Gasteiger partial charge in [0.25, 0.3) is 5.56 Å². The number of nitrogens with zero attached hydrogens (tertiary/aromatic N) is 4. The topological polar surface area (TPSA) is 60.7 Å². The summed E-state index contributed by atoms with van der Waals surface area (Å²) in [5.41, 5.74) is 0.0837. The SMILES string of the molecule is Cn1cnc2c(Cl)nc(Cl)nc2c1=O. The highest BCUT2D eigenvalue weighted by Gasteiger charge is 2.09. The molecular weight excluding hydrogens is 227 g/mol. The fourth-order valence-corrected chi connectivity index (χ4v) is 1.46. The lowest BCUT2D eigenvalue weighted by molar-refractivity contribution is 0.837. The van der Waals surface area contributed by atoms with Gasteiger partial charge in [-0.3, -0.25) is 4.79 Å². The van der Waals surface area contributed by atoms with Crippen LogP contribution in [0, 0.1) is 0 Å². The van der Waals surface area contributed by atoms with Crippen LogP contribution in [-0.2, 0) is 7.05 Å². The molecule has 2 heterocycles. The molecule has 0 amide bonds. The van der Waals surface area contributed by atoms with Crippen molar-refractivity contribution in [2.24, 2.45) is 7.05 Å². The summed E-state index contributed by atoms with van der Waals surface area (Å²) in [6.45, 7) is 0. The molecule has 0 radical (unpaired) electrons. The van der Waals surface area contributed by atoms with E-state index in [-0.39, 0.29) is 27.0 Å². The fraction of sp³-hybridized carbons (Fsp3) is 0.143. The Morgan fingerprint density at radius 2 is 2.00 bits per heavy atom. The van der Waals surface area contributed by atoms with Crippen molar-refractivity contribution in [1.82, 2.24) is 19.5 Å². The normalized spacial score (nSPS) is 10.8. The van der Waals surface area contributed by atoms with E-state index in [9.17, 15) is 4.79 Å². The molecule has 5 nitrogen and oxygen atoms in total. The van der Waals surface area contributed by atoms with E-state index in [4.69, 9.17) is 23.2 Å². The Morgan fingerprint density at radius 3 is 2.71 bits per heavy atom. The number of halogens is 2. The fourth-order valence-electron chi connectivity index (χ4n) is 1.03. The van der Waals surface area contributed by atoms with Gasteiger partial charge in [0.05, 0.1) is 6.33 Å². The van der Waals surface area contributed by atoms with E-state index in [1.807, 2.05) is 0 Å². The second-order valence-corrected chi connectivity index (χ2v) is 3.34. The first-order chi connectivity index (χ1) is 6.59. The van der Waals surface area contributed by atoms with E-state index in [1.54, 1.807) is 7.05 Å². The third-order valence-corrected chi connectivity index (χ3v) is 2.13. The maximum atomic E-state index is 11.5. The first kappa shape index (κ1) is 9.36. The van der Waals surface area contributed by atoms with Gasteiger partial charge in [-0.2, -0.15) is 0 Å². The van der Waals surface area contributed by atoms with Gasteiger partial charge in [0.1, 0.15) is 5.52 Å². The van der Waals surface area contributed by atoms with Gasteiger partial charge in [0.2, 0.25) is 5.28 Å². The Hall–Kier alpha value is -1.20. The van der Waals surface area contributed by atoms with Crippen LogP contribution in [-0.4, -0.2) is 19.5 Å². The Morgan fingerprint density at radius 1 is 1.29 bits per heavy atom. The molecule has 0 fully saturated rings. The van der Waals surface area contributed by atoms with Gasteiger partial charge in [0.15, 0.2) is 10.7 Å². The molecule has 0 aliphatic heterocycles. The monoisotopic (exact) mass is 230 g/mol. The highest BCUT2D eigenvalue weighted by molar-refractivity contribution is 6.35. The molecule has 0 N–H and O–H groups in total. The minimum atomic E-state index is -0.304. The Balaban J connectivity index is 3.03. The van der Waals surface area contributed by atoms with Gasteiger partial charge in [-0.15, -0.1) is 0 Å². The van der Waals surface area contributed by atoms with E-state index in [0.717, 1.165) is 0 Å². The second kappa shape index (κ2) is 3.18. The average Bonchev–Trinajstić information content (AvgIpc) is 2.12. The highest BCUT2D eigenvalue weighted by atomic mass is 35.5. The number of rotatable bonds is 0. The summed E-state index contributed by atoms with van der Waals surface area (Å²) in [5.74, 6) is 0. The van der Waals surface area contributed by atoms with E-state index >= 15 is 0 Å². The van der Waals surface area contributed by atoms with Gasteiger partial charge in [-0.1, -0.05) is 11.6 Å². The molecule has 0 aromatic carbocycles. The quantitative estimate of drug-likeness (QED) is 0.501. The molecule has 0 aliphatic rings. The molecule has 0 saturated carbocycles. The first-order valence-electron chi connectivity index (χ1n) is 3.64. The van der Waals surface area contributed by atoms with Crippen molar-refractivity contribution >= 4 is 34.2 Å². The number of aryl methyl sites for hydroxylation is 1. The lowest BCUT2D eigenvalue weighted by Crippen LogP contribution is -2.18. The molecule has 0 atom stereocenters. The van der Waals surface area contributed by atoms with Crippen LogP contribution in [0.3, 0.4) is 0 Å². The van der Waals surface area contributed by atoms with Crippen molar-refractivity contribution in [3.63, 3.8) is 0 Å². The lowest BCUT2D eigenvalue weighted by atomic mass is 10.4. The summed E-state index contributed by atoms with van der Waals surface area (Å²) in [6, 6.07) is 0. The smallest absolute Gasteiger partial charge is 0.279 e. The van der Waals surface area contributed by atoms with Gasteiger partial charge in [-0.05, 0) is 11.6 Å². The van der Waals surface area contributed by atoms with E-state index < -0.39 is 0 Å². The van der Waals surface area contributed by atoms with E-state index in [0.29, 0.717) is 0 Å². The van der Waals surface area contributed by atoms with E-state index in [1.165, 1.54) is 10.9 Å². The highest BCUT2D eigenvalue weighted by Crippen LogP contribution is 2.16. The summed E-state index contributed by atoms with van der Waals surface area (Å²) in [5, 5.41) is 0.0188. The minimum Gasteiger partial charge on any atom is -0.301 e. The molecule has 7 heteroatoms. The van der Waals surface area contributed by atoms with Crippen LogP contribution >= 0.6 is 23.2 Å². The summed E-state index contributed by atoms with van der Waals surface area (Å²) in [6.07, 6.45) is 1.35. The number of aromatic nitrogens is 4. The first-order valence-corrected chi connectivity index (χ1v) is 4.39. The molecule has 0 unspecified atom stereocenters. The average molecular weight is 231 g/mol. The molecule has 14 heavy (non-hydrogen) atoms. The number of hydrogen-bond acceptors (Lipinski definition) is 4. The van der Waals surface area contributed by atoms with Crippen LogP contribution in [0.5, 0.6) is 0 Å². The van der Waals surface area contributed by atoms with Crippen molar-refractivity contribution in [2.75, 3.05) is 0 Å². The standard InChI is InChI=1S/C7H4Cl2N4O/c1-13-2-10-3-4(6(13)14)11-7(9)12-5(3)8/h2H,1H3. The van der Waals surface area contributed by atoms with Crippen molar-refractivity contribution in [2.45, 2.75) is 0 Å². The molecule has 0 bridgehead atoms. The molecule has 0 spiro atoms. The van der Waals surface area contributed by atoms with Crippen LogP contribution in [0.15, 0.2) is 11.1 Å². The molecule has 0 aliphatic carbocycles. The zero-order valence-electron chi connectivity index (χ0n) is 7.03. The third-order valence-electron chi connectivity index (χ3n) is 1.70. The van der Waals surface area contributed by atoms with Gasteiger partial charge in [-0.25, -0.2) is 15.0 Å². The van der Waals surface area contributed by atoms with Crippen LogP contribution in [0.2, 0.25) is 10.4 Å². The molecule has 2 aromatic heterocycles. The maximum Gasteiger partial charge on any atom is 0.279 e. The molecule has 0 saturated heterocycles. The Kier molecular flexibility index (Phi) is 2.13. The third kappa shape index (κ3) is 1.34. The van der Waals surface area contributed by atoms with Gasteiger partial charge < -0.3 is 4.57 Å². The summed E-state index contributed by atoms with van der Waals surface area (Å²) >= 11 is 11.3. The molecule has 2 aromatic rings. The van der Waals surface area contributed by atoms with Crippen molar-refractivity contribution < 1.29 is 0 Å². The van der Waals surface area contributed by atoms with Crippen LogP contribution in [0.1, 0.15) is 0 Å². The van der Waals surface area contributed by atoms with Crippen molar-refractivity contribution in [1.29, 1.82) is 0 Å². The predicted octanol–water partition coefficient (Wildman–Crippen LogP) is 1.03. The molecule has 2 rings (SSSR count).